The molecule has 0 saturated carbocycles. The number of nitrogens with one attached hydrogen (secondary N) is 1. The SMILES string of the molecule is CCCc1nc(C)cc2n[nH]nc12. The van der Waals surface area contributed by atoms with Crippen LogP contribution in [0.25, 0.3) is 11.0 Å². The number of hydrogen-bond acceptors (Lipinski definition) is 3. The fourth-order valence-electron chi connectivity index (χ4n) is 1.46. The summed E-state index contributed by atoms with van der Waals surface area (Å²) in [6.45, 7) is 4.11. The molecular formula is C9H12N4. The van der Waals surface area contributed by atoms with Crippen molar-refractivity contribution in [3.05, 3.63) is 17.5 Å². The molecule has 1 N–H and O–H groups in total. The van der Waals surface area contributed by atoms with Crippen LogP contribution >= 0.6 is 0 Å². The van der Waals surface area contributed by atoms with Gasteiger partial charge in [-0.15, -0.1) is 0 Å². The summed E-state index contributed by atoms with van der Waals surface area (Å²) in [5.41, 5.74) is 3.87. The number of aromatic amines is 1. The maximum absolute atomic E-state index is 4.44. The summed E-state index contributed by atoms with van der Waals surface area (Å²) in [4.78, 5) is 4.44. The van der Waals surface area contributed by atoms with Crippen LogP contribution in [0.1, 0.15) is 24.7 Å². The molecule has 0 aliphatic heterocycles. The largest absolute Gasteiger partial charge is 0.256 e. The highest BCUT2D eigenvalue weighted by molar-refractivity contribution is 5.76. The minimum atomic E-state index is 0.910. The van der Waals surface area contributed by atoms with Crippen molar-refractivity contribution in [2.24, 2.45) is 0 Å². The highest BCUT2D eigenvalue weighted by Crippen LogP contribution is 2.14. The van der Waals surface area contributed by atoms with Gasteiger partial charge in [-0.3, -0.25) is 4.98 Å². The molecule has 2 aromatic rings. The molecule has 0 unspecified atom stereocenters. The summed E-state index contributed by atoms with van der Waals surface area (Å²) >= 11 is 0. The average Bonchev–Trinajstić information content (AvgIpc) is 2.52. The van der Waals surface area contributed by atoms with E-state index in [1.54, 1.807) is 0 Å². The van der Waals surface area contributed by atoms with E-state index in [0.717, 1.165) is 35.3 Å². The Morgan fingerprint density at radius 1 is 1.38 bits per heavy atom. The summed E-state index contributed by atoms with van der Waals surface area (Å²) < 4.78 is 0. The highest BCUT2D eigenvalue weighted by Gasteiger charge is 2.06. The number of rotatable bonds is 2. The van der Waals surface area contributed by atoms with Gasteiger partial charge in [0.15, 0.2) is 0 Å². The fourth-order valence-corrected chi connectivity index (χ4v) is 1.46. The van der Waals surface area contributed by atoms with Crippen molar-refractivity contribution < 1.29 is 0 Å². The van der Waals surface area contributed by atoms with E-state index in [2.05, 4.69) is 27.3 Å². The molecule has 2 rings (SSSR count). The third-order valence-corrected chi connectivity index (χ3v) is 1.99. The molecule has 68 valence electrons. The third kappa shape index (κ3) is 1.39. The van der Waals surface area contributed by atoms with Crippen LogP contribution in [0.3, 0.4) is 0 Å². The summed E-state index contributed by atoms with van der Waals surface area (Å²) in [5, 5.41) is 10.7. The zero-order chi connectivity index (χ0) is 9.26. The molecule has 0 saturated heterocycles. The second kappa shape index (κ2) is 3.12. The minimum absolute atomic E-state index is 0.910. The van der Waals surface area contributed by atoms with Crippen LogP contribution < -0.4 is 0 Å². The lowest BCUT2D eigenvalue weighted by Crippen LogP contribution is -1.93. The van der Waals surface area contributed by atoms with Crippen LogP contribution in [-0.2, 0) is 6.42 Å². The van der Waals surface area contributed by atoms with E-state index in [0.29, 0.717) is 0 Å². The van der Waals surface area contributed by atoms with E-state index < -0.39 is 0 Å². The molecule has 13 heavy (non-hydrogen) atoms. The molecule has 0 fully saturated rings. The number of aryl methyl sites for hydroxylation is 2. The molecule has 0 amide bonds. The zero-order valence-electron chi connectivity index (χ0n) is 7.83. The summed E-state index contributed by atoms with van der Waals surface area (Å²) in [7, 11) is 0. The molecule has 4 nitrogen and oxygen atoms in total. The molecule has 2 aromatic heterocycles. The second-order valence-corrected chi connectivity index (χ2v) is 3.15. The third-order valence-electron chi connectivity index (χ3n) is 1.99. The van der Waals surface area contributed by atoms with E-state index in [9.17, 15) is 0 Å². The quantitative estimate of drug-likeness (QED) is 0.756. The van der Waals surface area contributed by atoms with Gasteiger partial charge in [-0.1, -0.05) is 13.3 Å². The molecule has 0 spiro atoms. The minimum Gasteiger partial charge on any atom is -0.256 e. The normalized spacial score (nSPS) is 10.9. The monoisotopic (exact) mass is 176 g/mol. The van der Waals surface area contributed by atoms with Gasteiger partial charge in [0.25, 0.3) is 0 Å². The Hall–Kier alpha value is -1.45. The standard InChI is InChI=1S/C9H12N4/c1-3-4-7-9-8(11-13-12-9)5-6(2)10-7/h5H,3-4H2,1-2H3,(H,11,12,13). The van der Waals surface area contributed by atoms with Gasteiger partial charge in [0.2, 0.25) is 0 Å². The first kappa shape index (κ1) is 8.16. The Kier molecular flexibility index (Phi) is 1.96. The second-order valence-electron chi connectivity index (χ2n) is 3.15. The van der Waals surface area contributed by atoms with Crippen molar-refractivity contribution in [3.8, 4) is 0 Å². The van der Waals surface area contributed by atoms with Crippen LogP contribution in [0.15, 0.2) is 6.07 Å². The molecule has 0 atom stereocenters. The van der Waals surface area contributed by atoms with Gasteiger partial charge in [-0.2, -0.15) is 15.4 Å². The molecule has 4 heteroatoms. The van der Waals surface area contributed by atoms with Crippen LogP contribution in [0.2, 0.25) is 0 Å². The average molecular weight is 176 g/mol. The lowest BCUT2D eigenvalue weighted by Gasteiger charge is -1.99. The van der Waals surface area contributed by atoms with E-state index in [-0.39, 0.29) is 0 Å². The topological polar surface area (TPSA) is 54.5 Å². The predicted molar refractivity (Wildman–Crippen MR) is 50.4 cm³/mol. The maximum atomic E-state index is 4.44. The molecule has 2 heterocycles. The number of H-pyrrole nitrogens is 1. The molecular weight excluding hydrogens is 164 g/mol. The predicted octanol–water partition coefficient (Wildman–Crippen LogP) is 1.61. The van der Waals surface area contributed by atoms with Crippen molar-refractivity contribution >= 4 is 11.0 Å². The number of aromatic nitrogens is 4. The molecule has 0 aromatic carbocycles. The van der Waals surface area contributed by atoms with Crippen molar-refractivity contribution in [2.75, 3.05) is 0 Å². The van der Waals surface area contributed by atoms with Crippen molar-refractivity contribution in [1.29, 1.82) is 0 Å². The number of hydrogen-bond donors (Lipinski definition) is 1. The first-order valence-electron chi connectivity index (χ1n) is 4.48. The van der Waals surface area contributed by atoms with Gasteiger partial charge in [-0.25, -0.2) is 0 Å². The van der Waals surface area contributed by atoms with Gasteiger partial charge >= 0.3 is 0 Å². The number of fused-ring (bicyclic) bond motifs is 1. The first-order chi connectivity index (χ1) is 6.31. The Balaban J connectivity index is 2.63. The molecule has 0 aliphatic carbocycles. The Labute approximate surface area is 76.4 Å². The van der Waals surface area contributed by atoms with Crippen molar-refractivity contribution in [1.82, 2.24) is 20.4 Å². The van der Waals surface area contributed by atoms with Gasteiger partial charge in [0.1, 0.15) is 11.0 Å². The molecule has 0 bridgehead atoms. The van der Waals surface area contributed by atoms with E-state index in [1.807, 2.05) is 13.0 Å². The van der Waals surface area contributed by atoms with Gasteiger partial charge in [0, 0.05) is 5.69 Å². The van der Waals surface area contributed by atoms with Crippen LogP contribution in [0.4, 0.5) is 0 Å². The smallest absolute Gasteiger partial charge is 0.134 e. The van der Waals surface area contributed by atoms with Crippen LogP contribution in [0.5, 0.6) is 0 Å². The summed E-state index contributed by atoms with van der Waals surface area (Å²) in [5.74, 6) is 0. The maximum Gasteiger partial charge on any atom is 0.134 e. The van der Waals surface area contributed by atoms with Crippen LogP contribution in [0, 0.1) is 6.92 Å². The molecule has 0 radical (unpaired) electrons. The van der Waals surface area contributed by atoms with E-state index in [4.69, 9.17) is 0 Å². The lowest BCUT2D eigenvalue weighted by molar-refractivity contribution is 0.878. The van der Waals surface area contributed by atoms with Gasteiger partial charge in [-0.05, 0) is 19.4 Å². The van der Waals surface area contributed by atoms with Crippen LogP contribution in [-0.4, -0.2) is 20.4 Å². The number of nitrogens with zero attached hydrogens (tertiary/aromatic N) is 3. The summed E-state index contributed by atoms with van der Waals surface area (Å²) in [6.07, 6.45) is 2.04. The number of pyridine rings is 1. The Morgan fingerprint density at radius 3 is 3.00 bits per heavy atom. The zero-order valence-corrected chi connectivity index (χ0v) is 7.83. The van der Waals surface area contributed by atoms with Crippen molar-refractivity contribution in [3.63, 3.8) is 0 Å². The fraction of sp³-hybridized carbons (Fsp3) is 0.444. The molecule has 0 aliphatic rings. The van der Waals surface area contributed by atoms with Crippen molar-refractivity contribution in [2.45, 2.75) is 26.7 Å². The first-order valence-corrected chi connectivity index (χ1v) is 4.48. The van der Waals surface area contributed by atoms with E-state index in [1.165, 1.54) is 0 Å². The Bertz CT molecular complexity index is 418. The van der Waals surface area contributed by atoms with E-state index >= 15 is 0 Å². The van der Waals surface area contributed by atoms with Gasteiger partial charge in [0.05, 0.1) is 5.69 Å². The Morgan fingerprint density at radius 2 is 2.23 bits per heavy atom. The summed E-state index contributed by atoms with van der Waals surface area (Å²) in [6, 6.07) is 1.94. The lowest BCUT2D eigenvalue weighted by atomic mass is 10.2. The van der Waals surface area contributed by atoms with Gasteiger partial charge < -0.3 is 0 Å². The highest BCUT2D eigenvalue weighted by atomic mass is 15.3.